The van der Waals surface area contributed by atoms with Crippen LogP contribution in [0, 0.1) is 46.3 Å². The van der Waals surface area contributed by atoms with Crippen LogP contribution in [0.4, 0.5) is 0 Å². The highest BCUT2D eigenvalue weighted by molar-refractivity contribution is 5.69. The third kappa shape index (κ3) is 11.7. The molecule has 4 aliphatic carbocycles. The molecule has 0 bridgehead atoms. The van der Waals surface area contributed by atoms with E-state index in [-0.39, 0.29) is 12.1 Å². The van der Waals surface area contributed by atoms with Crippen LogP contribution in [0.2, 0.25) is 0 Å². The molecule has 0 aliphatic heterocycles. The van der Waals surface area contributed by atoms with Crippen LogP contribution in [-0.4, -0.2) is 12.1 Å². The smallest absolute Gasteiger partial charge is 0.306 e. The van der Waals surface area contributed by atoms with Crippen LogP contribution in [0.25, 0.3) is 0 Å². The maximum atomic E-state index is 12.8. The van der Waals surface area contributed by atoms with Gasteiger partial charge >= 0.3 is 5.97 Å². The molecule has 8 atom stereocenters. The summed E-state index contributed by atoms with van der Waals surface area (Å²) in [5, 5.41) is 0. The number of hydrogen-bond donors (Lipinski definition) is 0. The number of carbonyl (C=O) groups is 1. The summed E-state index contributed by atoms with van der Waals surface area (Å²) in [7, 11) is 0. The average Bonchev–Trinajstić information content (AvgIpc) is 3.43. The lowest BCUT2D eigenvalue weighted by molar-refractivity contribution is -0.151. The Kier molecular flexibility index (Phi) is 17.3. The van der Waals surface area contributed by atoms with Crippen molar-refractivity contribution in [2.75, 3.05) is 0 Å². The van der Waals surface area contributed by atoms with Crippen LogP contribution in [0.3, 0.4) is 0 Å². The van der Waals surface area contributed by atoms with E-state index in [1.54, 1.807) is 5.57 Å². The van der Waals surface area contributed by atoms with Gasteiger partial charge in [-0.25, -0.2) is 0 Å². The Morgan fingerprint density at radius 3 is 2.10 bits per heavy atom. The van der Waals surface area contributed by atoms with Crippen LogP contribution in [0.15, 0.2) is 23.8 Å². The van der Waals surface area contributed by atoms with Crippen molar-refractivity contribution >= 4 is 5.97 Å². The number of hydrogen-bond acceptors (Lipinski definition) is 2. The number of ether oxygens (including phenoxy) is 1. The van der Waals surface area contributed by atoms with E-state index in [1.165, 1.54) is 148 Å². The first-order chi connectivity index (χ1) is 23.7. The minimum atomic E-state index is 0.0589. The van der Waals surface area contributed by atoms with Gasteiger partial charge in [0, 0.05) is 12.8 Å². The molecule has 0 aromatic carbocycles. The lowest BCUT2D eigenvalue weighted by Crippen LogP contribution is -2.51. The first-order valence-corrected chi connectivity index (χ1v) is 22.2. The van der Waals surface area contributed by atoms with Gasteiger partial charge in [-0.3, -0.25) is 4.79 Å². The molecule has 0 aromatic rings. The molecule has 49 heavy (non-hydrogen) atoms. The molecule has 2 nitrogen and oxygen atoms in total. The molecule has 1 unspecified atom stereocenters. The van der Waals surface area contributed by atoms with Gasteiger partial charge in [0.25, 0.3) is 0 Å². The highest BCUT2D eigenvalue weighted by atomic mass is 16.5. The average molecular weight is 679 g/mol. The van der Waals surface area contributed by atoms with E-state index >= 15 is 0 Å². The summed E-state index contributed by atoms with van der Waals surface area (Å²) in [4.78, 5) is 12.8. The van der Waals surface area contributed by atoms with Gasteiger partial charge in [-0.1, -0.05) is 149 Å². The summed E-state index contributed by atoms with van der Waals surface area (Å²) >= 11 is 0. The first-order valence-electron chi connectivity index (χ1n) is 22.2. The summed E-state index contributed by atoms with van der Waals surface area (Å²) in [5.41, 5.74) is 2.53. The predicted molar refractivity (Wildman–Crippen MR) is 212 cm³/mol. The van der Waals surface area contributed by atoms with Crippen LogP contribution < -0.4 is 0 Å². The molecule has 2 heteroatoms. The summed E-state index contributed by atoms with van der Waals surface area (Å²) < 4.78 is 6.14. The van der Waals surface area contributed by atoms with Gasteiger partial charge in [0.15, 0.2) is 0 Å². The molecule has 0 N–H and O–H groups in total. The first kappa shape index (κ1) is 40.7. The number of rotatable bonds is 23. The number of unbranched alkanes of at least 4 members (excludes halogenated alkanes) is 13. The number of esters is 1. The third-order valence-electron chi connectivity index (χ3n) is 14.7. The second kappa shape index (κ2) is 20.9. The molecule has 0 heterocycles. The Morgan fingerprint density at radius 2 is 1.43 bits per heavy atom. The fraction of sp³-hybridized carbons (Fsp3) is 0.894. The lowest BCUT2D eigenvalue weighted by Gasteiger charge is -2.58. The van der Waals surface area contributed by atoms with E-state index in [1.807, 2.05) is 0 Å². The molecule has 0 spiro atoms. The zero-order valence-electron chi connectivity index (χ0n) is 33.7. The van der Waals surface area contributed by atoms with Crippen molar-refractivity contribution in [2.45, 2.75) is 221 Å². The van der Waals surface area contributed by atoms with E-state index in [0.29, 0.717) is 17.3 Å². The molecule has 0 radical (unpaired) electrons. The van der Waals surface area contributed by atoms with Crippen LogP contribution >= 0.6 is 0 Å². The van der Waals surface area contributed by atoms with E-state index in [9.17, 15) is 4.79 Å². The van der Waals surface area contributed by atoms with Crippen molar-refractivity contribution in [3.8, 4) is 0 Å². The summed E-state index contributed by atoms with van der Waals surface area (Å²) in [5.74, 6) is 5.32. The van der Waals surface area contributed by atoms with Crippen LogP contribution in [0.5, 0.6) is 0 Å². The molecule has 4 rings (SSSR count). The maximum absolute atomic E-state index is 12.8. The Hall–Kier alpha value is -1.05. The van der Waals surface area contributed by atoms with Crippen molar-refractivity contribution in [2.24, 2.45) is 46.3 Å². The monoisotopic (exact) mass is 679 g/mol. The lowest BCUT2D eigenvalue weighted by atomic mass is 9.47. The maximum Gasteiger partial charge on any atom is 0.306 e. The van der Waals surface area contributed by atoms with Crippen molar-refractivity contribution in [3.05, 3.63) is 23.8 Å². The molecule has 282 valence electrons. The Labute approximate surface area is 305 Å². The standard InChI is InChI=1S/C47H82O2/c1-7-8-9-10-11-12-13-14-15-16-17-18-19-20-21-22-23-27-45(48)49-40-32-34-46(5)39(36-40)28-29-41-43-31-30-42(38(4)26-24-25-37(2)3)47(43,6)35-33-44(41)46/h14-15,28,37-38,40-44H,7-13,16-27,29-36H2,1-6H3/b15-14-/t38-,40+,41+,42?,43+,44+,46+,47-/m1/s1. The van der Waals surface area contributed by atoms with E-state index in [0.717, 1.165) is 54.8 Å². The Bertz CT molecular complexity index is 1010. The second-order valence-electron chi connectivity index (χ2n) is 18.7. The quantitative estimate of drug-likeness (QED) is 0.0611. The van der Waals surface area contributed by atoms with Gasteiger partial charge in [-0.05, 0) is 123 Å². The Balaban J connectivity index is 1.08. The van der Waals surface area contributed by atoms with Crippen molar-refractivity contribution in [1.29, 1.82) is 0 Å². The van der Waals surface area contributed by atoms with Crippen LogP contribution in [0.1, 0.15) is 215 Å². The topological polar surface area (TPSA) is 26.3 Å². The molecule has 3 fully saturated rings. The normalized spacial score (nSPS) is 31.7. The predicted octanol–water partition coefficient (Wildman–Crippen LogP) is 14.8. The van der Waals surface area contributed by atoms with Crippen molar-refractivity contribution < 1.29 is 9.53 Å². The molecule has 4 aliphatic rings. The van der Waals surface area contributed by atoms with Crippen molar-refractivity contribution in [3.63, 3.8) is 0 Å². The largest absolute Gasteiger partial charge is 0.462 e. The zero-order valence-corrected chi connectivity index (χ0v) is 33.7. The molecular formula is C47H82O2. The van der Waals surface area contributed by atoms with Gasteiger partial charge in [0.2, 0.25) is 0 Å². The minimum absolute atomic E-state index is 0.0589. The van der Waals surface area contributed by atoms with Crippen LogP contribution in [-0.2, 0) is 9.53 Å². The Morgan fingerprint density at radius 1 is 0.776 bits per heavy atom. The zero-order chi connectivity index (χ0) is 35.1. The van der Waals surface area contributed by atoms with E-state index in [4.69, 9.17) is 4.74 Å². The van der Waals surface area contributed by atoms with Gasteiger partial charge < -0.3 is 4.74 Å². The molecule has 0 amide bonds. The van der Waals surface area contributed by atoms with Gasteiger partial charge in [0.1, 0.15) is 6.10 Å². The highest BCUT2D eigenvalue weighted by Gasteiger charge is 2.59. The molecule has 3 saturated carbocycles. The minimum Gasteiger partial charge on any atom is -0.462 e. The summed E-state index contributed by atoms with van der Waals surface area (Å²) in [6.45, 7) is 14.9. The van der Waals surface area contributed by atoms with Gasteiger partial charge in [-0.15, -0.1) is 0 Å². The fourth-order valence-corrected chi connectivity index (χ4v) is 11.7. The highest BCUT2D eigenvalue weighted by Crippen LogP contribution is 2.67. The number of fused-ring (bicyclic) bond motifs is 5. The molecule has 0 aromatic heterocycles. The fourth-order valence-electron chi connectivity index (χ4n) is 11.7. The molecule has 0 saturated heterocycles. The van der Waals surface area contributed by atoms with Gasteiger partial charge in [-0.2, -0.15) is 0 Å². The SMILES string of the molecule is CCCCCCCC/C=C\CCCCCCCCCC(=O)O[C@H]1CC[C@@]2(C)C(=CC[C@@H]3[C@@H]2CC[C@]2(C)C([C@H](C)CCCC(C)C)CC[C@@H]32)C1. The second-order valence-corrected chi connectivity index (χ2v) is 18.7. The number of carbonyl (C=O) groups excluding carboxylic acids is 1. The third-order valence-corrected chi connectivity index (χ3v) is 14.7. The van der Waals surface area contributed by atoms with E-state index in [2.05, 4.69) is 59.8 Å². The molecular weight excluding hydrogens is 597 g/mol. The van der Waals surface area contributed by atoms with Crippen molar-refractivity contribution in [1.82, 2.24) is 0 Å². The van der Waals surface area contributed by atoms with E-state index < -0.39 is 0 Å². The van der Waals surface area contributed by atoms with Gasteiger partial charge in [0.05, 0.1) is 0 Å². The number of allylic oxidation sites excluding steroid dienone is 3. The summed E-state index contributed by atoms with van der Waals surface area (Å²) in [6, 6.07) is 0. The summed E-state index contributed by atoms with van der Waals surface area (Å²) in [6.07, 6.45) is 42.4.